The summed E-state index contributed by atoms with van der Waals surface area (Å²) < 4.78 is 0. The molecule has 0 bridgehead atoms. The lowest BCUT2D eigenvalue weighted by Crippen LogP contribution is -2.52. The van der Waals surface area contributed by atoms with Crippen molar-refractivity contribution in [1.29, 1.82) is 0 Å². The Bertz CT molecular complexity index is 270. The molecule has 0 heterocycles. The molecule has 4 nitrogen and oxygen atoms in total. The minimum atomic E-state index is -0.541. The van der Waals surface area contributed by atoms with E-state index in [1.54, 1.807) is 7.05 Å². The van der Waals surface area contributed by atoms with Gasteiger partial charge in [0.1, 0.15) is 0 Å². The standard InChI is InChI=1S/C11H20N2O2/c1-7(2)9(12-4)10(15)13-11(5-6-11)8(3)14/h7,9,12H,5-6H2,1-4H3,(H,13,15)/t9-/m0/s1. The van der Waals surface area contributed by atoms with Crippen LogP contribution in [0.1, 0.15) is 33.6 Å². The summed E-state index contributed by atoms with van der Waals surface area (Å²) in [5, 5.41) is 5.82. The molecule has 0 radical (unpaired) electrons. The summed E-state index contributed by atoms with van der Waals surface area (Å²) in [5.74, 6) is 0.215. The summed E-state index contributed by atoms with van der Waals surface area (Å²) in [6, 6.07) is -0.221. The monoisotopic (exact) mass is 212 g/mol. The number of amides is 1. The molecule has 1 fully saturated rings. The van der Waals surface area contributed by atoms with Crippen LogP contribution in [0.4, 0.5) is 0 Å². The van der Waals surface area contributed by atoms with Crippen LogP contribution in [0.25, 0.3) is 0 Å². The van der Waals surface area contributed by atoms with E-state index in [4.69, 9.17) is 0 Å². The molecule has 86 valence electrons. The molecular formula is C11H20N2O2. The van der Waals surface area contributed by atoms with E-state index in [1.807, 2.05) is 13.8 Å². The van der Waals surface area contributed by atoms with E-state index in [2.05, 4.69) is 10.6 Å². The Kier molecular flexibility index (Phi) is 3.50. The zero-order valence-corrected chi connectivity index (χ0v) is 9.89. The van der Waals surface area contributed by atoms with Gasteiger partial charge in [-0.3, -0.25) is 9.59 Å². The number of rotatable bonds is 5. The average Bonchev–Trinajstić information content (AvgIpc) is 2.85. The quantitative estimate of drug-likeness (QED) is 0.696. The highest BCUT2D eigenvalue weighted by atomic mass is 16.2. The maximum Gasteiger partial charge on any atom is 0.238 e. The Balaban J connectivity index is 2.59. The van der Waals surface area contributed by atoms with Crippen LogP contribution in [0.5, 0.6) is 0 Å². The normalized spacial score (nSPS) is 19.8. The molecule has 15 heavy (non-hydrogen) atoms. The summed E-state index contributed by atoms with van der Waals surface area (Å²) >= 11 is 0. The molecular weight excluding hydrogens is 192 g/mol. The topological polar surface area (TPSA) is 58.2 Å². The number of hydrogen-bond donors (Lipinski definition) is 2. The average molecular weight is 212 g/mol. The van der Waals surface area contributed by atoms with Gasteiger partial charge in [0.25, 0.3) is 0 Å². The zero-order valence-electron chi connectivity index (χ0n) is 9.89. The molecule has 1 rings (SSSR count). The van der Waals surface area contributed by atoms with Crippen LogP contribution in [0, 0.1) is 5.92 Å². The van der Waals surface area contributed by atoms with Crippen LogP contribution in [0.15, 0.2) is 0 Å². The number of Topliss-reactive ketones (excluding diaryl/α,β-unsaturated/α-hetero) is 1. The SMILES string of the molecule is CN[C@H](C(=O)NC1(C(C)=O)CC1)C(C)C. The lowest BCUT2D eigenvalue weighted by Gasteiger charge is -2.22. The Labute approximate surface area is 90.8 Å². The molecule has 0 unspecified atom stereocenters. The van der Waals surface area contributed by atoms with Crippen LogP contribution in [0.3, 0.4) is 0 Å². The van der Waals surface area contributed by atoms with Gasteiger partial charge in [-0.05, 0) is 32.7 Å². The lowest BCUT2D eigenvalue weighted by molar-refractivity contribution is -0.129. The maximum absolute atomic E-state index is 11.8. The second-order valence-electron chi connectivity index (χ2n) is 4.64. The fourth-order valence-electron chi connectivity index (χ4n) is 1.77. The Morgan fingerprint density at radius 2 is 1.80 bits per heavy atom. The highest BCUT2D eigenvalue weighted by molar-refractivity contribution is 5.95. The third-order valence-electron chi connectivity index (χ3n) is 3.05. The van der Waals surface area contributed by atoms with E-state index in [0.29, 0.717) is 0 Å². The van der Waals surface area contributed by atoms with Gasteiger partial charge in [0, 0.05) is 0 Å². The van der Waals surface area contributed by atoms with Crippen LogP contribution in [0.2, 0.25) is 0 Å². The Hall–Kier alpha value is -0.900. The van der Waals surface area contributed by atoms with Crippen molar-refractivity contribution >= 4 is 11.7 Å². The maximum atomic E-state index is 11.8. The highest BCUT2D eigenvalue weighted by Crippen LogP contribution is 2.36. The molecule has 4 heteroatoms. The largest absolute Gasteiger partial charge is 0.342 e. The van der Waals surface area contributed by atoms with Crippen LogP contribution in [-0.2, 0) is 9.59 Å². The number of carbonyl (C=O) groups is 2. The number of carbonyl (C=O) groups excluding carboxylic acids is 2. The van der Waals surface area contributed by atoms with Gasteiger partial charge in [-0.1, -0.05) is 13.8 Å². The van der Waals surface area contributed by atoms with Gasteiger partial charge in [-0.2, -0.15) is 0 Å². The van der Waals surface area contributed by atoms with E-state index < -0.39 is 5.54 Å². The summed E-state index contributed by atoms with van der Waals surface area (Å²) in [6.45, 7) is 5.50. The van der Waals surface area contributed by atoms with Crippen LogP contribution < -0.4 is 10.6 Å². The van der Waals surface area contributed by atoms with E-state index in [1.165, 1.54) is 6.92 Å². The second kappa shape index (κ2) is 4.31. The smallest absolute Gasteiger partial charge is 0.238 e. The summed E-state index contributed by atoms with van der Waals surface area (Å²) in [4.78, 5) is 23.2. The molecule has 1 saturated carbocycles. The molecule has 0 saturated heterocycles. The fraction of sp³-hybridized carbons (Fsp3) is 0.818. The Morgan fingerprint density at radius 1 is 1.27 bits per heavy atom. The van der Waals surface area contributed by atoms with Gasteiger partial charge < -0.3 is 10.6 Å². The first kappa shape index (κ1) is 12.2. The number of ketones is 1. The zero-order chi connectivity index (χ0) is 11.6. The summed E-state index contributed by atoms with van der Waals surface area (Å²) in [5.41, 5.74) is -0.541. The fourth-order valence-corrected chi connectivity index (χ4v) is 1.77. The first-order chi connectivity index (χ1) is 6.93. The van der Waals surface area contributed by atoms with Crippen molar-refractivity contribution in [2.45, 2.75) is 45.2 Å². The minimum absolute atomic E-state index is 0.0643. The van der Waals surface area contributed by atoms with Gasteiger partial charge in [-0.25, -0.2) is 0 Å². The van der Waals surface area contributed by atoms with Gasteiger partial charge in [0.2, 0.25) is 5.91 Å². The molecule has 1 aliphatic carbocycles. The van der Waals surface area contributed by atoms with Gasteiger partial charge in [0.15, 0.2) is 5.78 Å². The Morgan fingerprint density at radius 3 is 2.07 bits per heavy atom. The van der Waals surface area contributed by atoms with Crippen molar-refractivity contribution in [2.24, 2.45) is 5.92 Å². The van der Waals surface area contributed by atoms with Crippen molar-refractivity contribution in [3.63, 3.8) is 0 Å². The molecule has 2 N–H and O–H groups in total. The van der Waals surface area contributed by atoms with Crippen LogP contribution >= 0.6 is 0 Å². The minimum Gasteiger partial charge on any atom is -0.342 e. The highest BCUT2D eigenvalue weighted by Gasteiger charge is 2.49. The van der Waals surface area contributed by atoms with Crippen LogP contribution in [-0.4, -0.2) is 30.3 Å². The first-order valence-corrected chi connectivity index (χ1v) is 5.43. The first-order valence-electron chi connectivity index (χ1n) is 5.43. The van der Waals surface area contributed by atoms with Crippen molar-refractivity contribution in [3.05, 3.63) is 0 Å². The summed E-state index contributed by atoms with van der Waals surface area (Å²) in [7, 11) is 1.76. The van der Waals surface area contributed by atoms with Crippen molar-refractivity contribution < 1.29 is 9.59 Å². The molecule has 0 aromatic heterocycles. The molecule has 0 aromatic carbocycles. The number of likely N-dealkylation sites (N-methyl/N-ethyl adjacent to an activating group) is 1. The van der Waals surface area contributed by atoms with E-state index in [-0.39, 0.29) is 23.7 Å². The number of hydrogen-bond acceptors (Lipinski definition) is 3. The van der Waals surface area contributed by atoms with Gasteiger partial charge in [0.05, 0.1) is 11.6 Å². The second-order valence-corrected chi connectivity index (χ2v) is 4.64. The predicted octanol–water partition coefficient (Wildman–Crippen LogP) is 0.468. The molecule has 0 aliphatic heterocycles. The third kappa shape index (κ3) is 2.56. The van der Waals surface area contributed by atoms with E-state index in [9.17, 15) is 9.59 Å². The molecule has 1 atom stereocenters. The van der Waals surface area contributed by atoms with Crippen molar-refractivity contribution in [2.75, 3.05) is 7.05 Å². The summed E-state index contributed by atoms with van der Waals surface area (Å²) in [6.07, 6.45) is 1.56. The van der Waals surface area contributed by atoms with Crippen molar-refractivity contribution in [1.82, 2.24) is 10.6 Å². The molecule has 0 spiro atoms. The van der Waals surface area contributed by atoms with E-state index >= 15 is 0 Å². The van der Waals surface area contributed by atoms with E-state index in [0.717, 1.165) is 12.8 Å². The predicted molar refractivity (Wildman–Crippen MR) is 58.5 cm³/mol. The van der Waals surface area contributed by atoms with Crippen molar-refractivity contribution in [3.8, 4) is 0 Å². The molecule has 1 aliphatic rings. The molecule has 0 aromatic rings. The van der Waals surface area contributed by atoms with Gasteiger partial charge >= 0.3 is 0 Å². The third-order valence-corrected chi connectivity index (χ3v) is 3.05. The van der Waals surface area contributed by atoms with Gasteiger partial charge in [-0.15, -0.1) is 0 Å². The lowest BCUT2D eigenvalue weighted by atomic mass is 10.0. The molecule has 1 amide bonds. The number of nitrogens with one attached hydrogen (secondary N) is 2.